The number of nitrogens with one attached hydrogen (secondary N) is 1. The lowest BCUT2D eigenvalue weighted by Crippen LogP contribution is -2.24. The quantitative estimate of drug-likeness (QED) is 0.857. The molecule has 0 heterocycles. The Morgan fingerprint density at radius 3 is 2.93 bits per heavy atom. The molecule has 5 heteroatoms. The number of carbonyl (C=O) groups is 1. The number of hydrogen-bond donors (Lipinski definition) is 1. The lowest BCUT2D eigenvalue weighted by molar-refractivity contribution is 0.0953. The molecule has 0 bridgehead atoms. The molecule has 0 aliphatic rings. The SMILES string of the molecule is N#CCCNC(=O)c1ccc(F)cc1Br. The van der Waals surface area contributed by atoms with E-state index in [-0.39, 0.29) is 12.3 Å². The second-order valence-corrected chi connectivity index (χ2v) is 3.64. The van der Waals surface area contributed by atoms with Gasteiger partial charge in [0, 0.05) is 11.0 Å². The molecule has 0 aliphatic heterocycles. The zero-order valence-electron chi connectivity index (χ0n) is 7.76. The van der Waals surface area contributed by atoms with Gasteiger partial charge in [-0.25, -0.2) is 4.39 Å². The highest BCUT2D eigenvalue weighted by atomic mass is 79.9. The van der Waals surface area contributed by atoms with Gasteiger partial charge in [0.05, 0.1) is 18.1 Å². The Morgan fingerprint density at radius 2 is 2.33 bits per heavy atom. The van der Waals surface area contributed by atoms with E-state index < -0.39 is 5.82 Å². The molecule has 78 valence electrons. The van der Waals surface area contributed by atoms with E-state index in [1.165, 1.54) is 18.2 Å². The molecule has 0 saturated carbocycles. The number of halogens is 2. The number of rotatable bonds is 3. The molecule has 0 aromatic heterocycles. The van der Waals surface area contributed by atoms with Crippen molar-refractivity contribution in [2.45, 2.75) is 6.42 Å². The zero-order valence-corrected chi connectivity index (χ0v) is 9.34. The number of amides is 1. The molecule has 1 amide bonds. The third kappa shape index (κ3) is 3.33. The van der Waals surface area contributed by atoms with Gasteiger partial charge in [-0.3, -0.25) is 4.79 Å². The van der Waals surface area contributed by atoms with E-state index in [0.717, 1.165) is 0 Å². The Hall–Kier alpha value is -1.41. The maximum absolute atomic E-state index is 12.7. The Kier molecular flexibility index (Phi) is 4.25. The van der Waals surface area contributed by atoms with Crippen LogP contribution in [0.15, 0.2) is 22.7 Å². The van der Waals surface area contributed by atoms with Gasteiger partial charge in [0.25, 0.3) is 5.91 Å². The monoisotopic (exact) mass is 270 g/mol. The van der Waals surface area contributed by atoms with Crippen molar-refractivity contribution in [2.24, 2.45) is 0 Å². The highest BCUT2D eigenvalue weighted by Gasteiger charge is 2.09. The van der Waals surface area contributed by atoms with Crippen molar-refractivity contribution < 1.29 is 9.18 Å². The molecule has 1 aromatic rings. The molecular weight excluding hydrogens is 263 g/mol. The van der Waals surface area contributed by atoms with Crippen LogP contribution in [0.1, 0.15) is 16.8 Å². The fraction of sp³-hybridized carbons (Fsp3) is 0.200. The minimum absolute atomic E-state index is 0.255. The maximum Gasteiger partial charge on any atom is 0.252 e. The number of benzene rings is 1. The molecule has 3 nitrogen and oxygen atoms in total. The number of carbonyl (C=O) groups excluding carboxylic acids is 1. The first-order valence-corrected chi connectivity index (χ1v) is 5.04. The molecule has 0 saturated heterocycles. The number of nitriles is 1. The molecule has 1 rings (SSSR count). The molecule has 1 aromatic carbocycles. The van der Waals surface area contributed by atoms with Crippen LogP contribution in [-0.2, 0) is 0 Å². The highest BCUT2D eigenvalue weighted by Crippen LogP contribution is 2.17. The van der Waals surface area contributed by atoms with Gasteiger partial charge >= 0.3 is 0 Å². The lowest BCUT2D eigenvalue weighted by Gasteiger charge is -2.04. The molecule has 0 radical (unpaired) electrons. The normalized spacial score (nSPS) is 9.40. The number of nitrogens with zero attached hydrogens (tertiary/aromatic N) is 1. The number of hydrogen-bond acceptors (Lipinski definition) is 2. The van der Waals surface area contributed by atoms with E-state index in [0.29, 0.717) is 16.6 Å². The molecule has 0 atom stereocenters. The third-order valence-electron chi connectivity index (χ3n) is 1.70. The van der Waals surface area contributed by atoms with Crippen LogP contribution in [0.5, 0.6) is 0 Å². The van der Waals surface area contributed by atoms with Crippen molar-refractivity contribution in [3.8, 4) is 6.07 Å². The van der Waals surface area contributed by atoms with Gasteiger partial charge in [-0.15, -0.1) is 0 Å². The highest BCUT2D eigenvalue weighted by molar-refractivity contribution is 9.10. The summed E-state index contributed by atoms with van der Waals surface area (Å²) in [5, 5.41) is 10.8. The van der Waals surface area contributed by atoms with E-state index >= 15 is 0 Å². The fourth-order valence-corrected chi connectivity index (χ4v) is 1.53. The van der Waals surface area contributed by atoms with E-state index in [2.05, 4.69) is 21.2 Å². The van der Waals surface area contributed by atoms with E-state index in [1.54, 1.807) is 0 Å². The van der Waals surface area contributed by atoms with Crippen LogP contribution in [0.3, 0.4) is 0 Å². The van der Waals surface area contributed by atoms with E-state index in [1.807, 2.05) is 6.07 Å². The molecular formula is C10H8BrFN2O. The summed E-state index contributed by atoms with van der Waals surface area (Å²) in [6.45, 7) is 0.291. The van der Waals surface area contributed by atoms with Crippen LogP contribution < -0.4 is 5.32 Å². The van der Waals surface area contributed by atoms with Crippen LogP contribution in [0.25, 0.3) is 0 Å². The molecule has 0 unspecified atom stereocenters. The Morgan fingerprint density at radius 1 is 1.60 bits per heavy atom. The predicted octanol–water partition coefficient (Wildman–Crippen LogP) is 2.23. The van der Waals surface area contributed by atoms with Gasteiger partial charge in [-0.05, 0) is 34.1 Å². The van der Waals surface area contributed by atoms with Crippen molar-refractivity contribution in [1.82, 2.24) is 5.32 Å². The summed E-state index contributed by atoms with van der Waals surface area (Å²) < 4.78 is 13.1. The van der Waals surface area contributed by atoms with Crippen LogP contribution in [0, 0.1) is 17.1 Å². The van der Waals surface area contributed by atoms with Gasteiger partial charge in [-0.2, -0.15) is 5.26 Å². The van der Waals surface area contributed by atoms with Gasteiger partial charge in [0.2, 0.25) is 0 Å². The van der Waals surface area contributed by atoms with Crippen molar-refractivity contribution in [3.05, 3.63) is 34.1 Å². The molecule has 0 fully saturated rings. The first kappa shape index (κ1) is 11.7. The minimum Gasteiger partial charge on any atom is -0.351 e. The first-order chi connectivity index (χ1) is 7.15. The van der Waals surface area contributed by atoms with Crippen LogP contribution in [0.4, 0.5) is 4.39 Å². The molecule has 0 aliphatic carbocycles. The van der Waals surface area contributed by atoms with Crippen LogP contribution >= 0.6 is 15.9 Å². The van der Waals surface area contributed by atoms with Gasteiger partial charge < -0.3 is 5.32 Å². The van der Waals surface area contributed by atoms with Gasteiger partial charge in [0.1, 0.15) is 5.82 Å². The standard InChI is InChI=1S/C10H8BrFN2O/c11-9-6-7(12)2-3-8(9)10(15)14-5-1-4-13/h2-3,6H,1,5H2,(H,14,15). The van der Waals surface area contributed by atoms with Crippen LogP contribution in [-0.4, -0.2) is 12.5 Å². The summed E-state index contributed by atoms with van der Waals surface area (Å²) in [6, 6.07) is 5.74. The minimum atomic E-state index is -0.407. The smallest absolute Gasteiger partial charge is 0.252 e. The van der Waals surface area contributed by atoms with Gasteiger partial charge in [0.15, 0.2) is 0 Å². The molecule has 0 spiro atoms. The maximum atomic E-state index is 12.7. The summed E-state index contributed by atoms with van der Waals surface area (Å²) in [7, 11) is 0. The Bertz CT molecular complexity index is 414. The van der Waals surface area contributed by atoms with Crippen LogP contribution in [0.2, 0.25) is 0 Å². The summed E-state index contributed by atoms with van der Waals surface area (Å²) >= 11 is 3.09. The summed E-state index contributed by atoms with van der Waals surface area (Å²) in [4.78, 5) is 11.5. The summed E-state index contributed by atoms with van der Waals surface area (Å²) in [5.41, 5.74) is 0.356. The van der Waals surface area contributed by atoms with E-state index in [4.69, 9.17) is 5.26 Å². The Balaban J connectivity index is 2.70. The lowest BCUT2D eigenvalue weighted by atomic mass is 10.2. The second kappa shape index (κ2) is 5.47. The van der Waals surface area contributed by atoms with Crippen molar-refractivity contribution >= 4 is 21.8 Å². The third-order valence-corrected chi connectivity index (χ3v) is 2.35. The van der Waals surface area contributed by atoms with E-state index in [9.17, 15) is 9.18 Å². The average molecular weight is 271 g/mol. The summed E-state index contributed by atoms with van der Waals surface area (Å²) in [5.74, 6) is -0.729. The Labute approximate surface area is 95.0 Å². The fourth-order valence-electron chi connectivity index (χ4n) is 1.00. The average Bonchev–Trinajstić information content (AvgIpc) is 2.17. The zero-order chi connectivity index (χ0) is 11.3. The predicted molar refractivity (Wildman–Crippen MR) is 56.7 cm³/mol. The first-order valence-electron chi connectivity index (χ1n) is 4.25. The summed E-state index contributed by atoms with van der Waals surface area (Å²) in [6.07, 6.45) is 0.255. The van der Waals surface area contributed by atoms with Crippen molar-refractivity contribution in [3.63, 3.8) is 0 Å². The van der Waals surface area contributed by atoms with Crippen molar-refractivity contribution in [1.29, 1.82) is 5.26 Å². The van der Waals surface area contributed by atoms with Gasteiger partial charge in [-0.1, -0.05) is 0 Å². The van der Waals surface area contributed by atoms with Crippen molar-refractivity contribution in [2.75, 3.05) is 6.54 Å². The second-order valence-electron chi connectivity index (χ2n) is 2.79. The topological polar surface area (TPSA) is 52.9 Å². The molecule has 15 heavy (non-hydrogen) atoms. The largest absolute Gasteiger partial charge is 0.351 e. The molecule has 1 N–H and O–H groups in total.